The minimum absolute atomic E-state index is 0.0451. The van der Waals surface area contributed by atoms with Crippen LogP contribution in [-0.2, 0) is 6.18 Å². The Morgan fingerprint density at radius 2 is 2.00 bits per heavy atom. The van der Waals surface area contributed by atoms with Gasteiger partial charge in [0.15, 0.2) is 0 Å². The van der Waals surface area contributed by atoms with E-state index in [-0.39, 0.29) is 9.13 Å². The molecule has 0 aromatic heterocycles. The van der Waals surface area contributed by atoms with Gasteiger partial charge in [0, 0.05) is 3.57 Å². The third-order valence-corrected chi connectivity index (χ3v) is 2.65. The third kappa shape index (κ3) is 2.44. The summed E-state index contributed by atoms with van der Waals surface area (Å²) < 4.78 is 37.3. The van der Waals surface area contributed by atoms with Crippen LogP contribution >= 0.6 is 22.6 Å². The normalized spacial score (nSPS) is 10.9. The van der Waals surface area contributed by atoms with Gasteiger partial charge in [-0.2, -0.15) is 18.4 Å². The summed E-state index contributed by atoms with van der Waals surface area (Å²) in [6, 6.07) is 3.03. The molecule has 0 radical (unpaired) electrons. The largest absolute Gasteiger partial charge is 0.416 e. The van der Waals surface area contributed by atoms with Gasteiger partial charge in [-0.1, -0.05) is 0 Å². The second-order valence-corrected chi connectivity index (χ2v) is 4.02. The molecule has 0 aliphatic rings. The maximum absolute atomic E-state index is 12.4. The summed E-state index contributed by atoms with van der Waals surface area (Å²) in [5.41, 5.74) is 3.36. The highest BCUT2D eigenvalue weighted by Gasteiger charge is 2.32. The van der Waals surface area contributed by atoms with E-state index < -0.39 is 23.2 Å². The number of amides is 1. The lowest BCUT2D eigenvalue weighted by Gasteiger charge is -2.10. The number of carbonyl (C=O) groups excluding carboxylic acids is 1. The van der Waals surface area contributed by atoms with Gasteiger partial charge in [-0.3, -0.25) is 4.79 Å². The van der Waals surface area contributed by atoms with Crippen LogP contribution in [0.2, 0.25) is 0 Å². The molecule has 84 valence electrons. The summed E-state index contributed by atoms with van der Waals surface area (Å²) in [5, 5.41) is 8.70. The van der Waals surface area contributed by atoms with Crippen LogP contribution in [0, 0.1) is 14.9 Å². The molecular weight excluding hydrogens is 336 g/mol. The molecule has 16 heavy (non-hydrogen) atoms. The van der Waals surface area contributed by atoms with Crippen molar-refractivity contribution in [3.05, 3.63) is 32.4 Å². The molecule has 0 aliphatic carbocycles. The summed E-state index contributed by atoms with van der Waals surface area (Å²) >= 11 is 1.55. The van der Waals surface area contributed by atoms with Crippen LogP contribution in [0.15, 0.2) is 12.1 Å². The van der Waals surface area contributed by atoms with E-state index in [0.717, 1.165) is 6.07 Å². The summed E-state index contributed by atoms with van der Waals surface area (Å²) in [6.07, 6.45) is -4.57. The molecule has 0 unspecified atom stereocenters. The number of rotatable bonds is 1. The molecule has 1 aromatic carbocycles. The van der Waals surface area contributed by atoms with Crippen LogP contribution in [0.1, 0.15) is 21.5 Å². The molecule has 3 nitrogen and oxygen atoms in total. The highest BCUT2D eigenvalue weighted by molar-refractivity contribution is 14.1. The number of carbonyl (C=O) groups is 1. The number of hydrogen-bond donors (Lipinski definition) is 1. The monoisotopic (exact) mass is 340 g/mol. The van der Waals surface area contributed by atoms with Crippen molar-refractivity contribution < 1.29 is 18.0 Å². The molecule has 7 heteroatoms. The third-order valence-electron chi connectivity index (χ3n) is 1.79. The lowest BCUT2D eigenvalue weighted by molar-refractivity contribution is -0.137. The Hall–Kier alpha value is -1.30. The molecule has 0 heterocycles. The molecule has 0 saturated heterocycles. The molecule has 0 spiro atoms. The first kappa shape index (κ1) is 12.8. The van der Waals surface area contributed by atoms with Gasteiger partial charge in [0.1, 0.15) is 6.07 Å². The van der Waals surface area contributed by atoms with Crippen LogP contribution < -0.4 is 5.73 Å². The summed E-state index contributed by atoms with van der Waals surface area (Å²) in [4.78, 5) is 10.9. The zero-order chi connectivity index (χ0) is 12.5. The maximum atomic E-state index is 12.4. The van der Waals surface area contributed by atoms with E-state index in [1.807, 2.05) is 0 Å². The van der Waals surface area contributed by atoms with Crippen LogP contribution in [0.3, 0.4) is 0 Å². The van der Waals surface area contributed by atoms with Crippen LogP contribution in [0.25, 0.3) is 0 Å². The number of halogens is 4. The van der Waals surface area contributed by atoms with Crippen molar-refractivity contribution >= 4 is 28.5 Å². The van der Waals surface area contributed by atoms with E-state index in [0.29, 0.717) is 6.07 Å². The topological polar surface area (TPSA) is 66.9 Å². The molecule has 1 amide bonds. The maximum Gasteiger partial charge on any atom is 0.416 e. The summed E-state index contributed by atoms with van der Waals surface area (Å²) in [6.45, 7) is 0. The van der Waals surface area contributed by atoms with Crippen molar-refractivity contribution in [2.75, 3.05) is 0 Å². The molecule has 0 saturated carbocycles. The van der Waals surface area contributed by atoms with E-state index in [1.54, 1.807) is 28.7 Å². The Bertz CT molecular complexity index is 491. The van der Waals surface area contributed by atoms with Gasteiger partial charge in [0.05, 0.1) is 16.7 Å². The molecule has 1 rings (SSSR count). The Balaban J connectivity index is 3.54. The average molecular weight is 340 g/mol. The lowest BCUT2D eigenvalue weighted by Crippen LogP contribution is -2.16. The number of primary amides is 1. The minimum Gasteiger partial charge on any atom is -0.366 e. The lowest BCUT2D eigenvalue weighted by atomic mass is 10.0. The Morgan fingerprint density at radius 1 is 1.44 bits per heavy atom. The number of nitrogens with zero attached hydrogens (tertiary/aromatic N) is 1. The quantitative estimate of drug-likeness (QED) is 0.797. The Morgan fingerprint density at radius 3 is 2.38 bits per heavy atom. The second kappa shape index (κ2) is 4.29. The van der Waals surface area contributed by atoms with Gasteiger partial charge in [-0.05, 0) is 34.7 Å². The summed E-state index contributed by atoms with van der Waals surface area (Å²) in [7, 11) is 0. The second-order valence-electron chi connectivity index (χ2n) is 2.85. The first-order valence-electron chi connectivity index (χ1n) is 3.88. The predicted octanol–water partition coefficient (Wildman–Crippen LogP) is 2.28. The zero-order valence-electron chi connectivity index (χ0n) is 7.60. The molecule has 2 N–H and O–H groups in total. The molecule has 1 aromatic rings. The van der Waals surface area contributed by atoms with Gasteiger partial charge in [0.2, 0.25) is 5.91 Å². The fourth-order valence-corrected chi connectivity index (χ4v) is 1.82. The minimum atomic E-state index is -4.57. The van der Waals surface area contributed by atoms with Crippen LogP contribution in [-0.4, -0.2) is 5.91 Å². The van der Waals surface area contributed by atoms with E-state index in [9.17, 15) is 18.0 Å². The van der Waals surface area contributed by atoms with Crippen molar-refractivity contribution in [3.8, 4) is 6.07 Å². The number of nitriles is 1. The predicted molar refractivity (Wildman–Crippen MR) is 57.4 cm³/mol. The highest BCUT2D eigenvalue weighted by atomic mass is 127. The molecule has 0 fully saturated rings. The van der Waals surface area contributed by atoms with Crippen molar-refractivity contribution in [1.82, 2.24) is 0 Å². The zero-order valence-corrected chi connectivity index (χ0v) is 9.76. The van der Waals surface area contributed by atoms with Gasteiger partial charge in [-0.15, -0.1) is 0 Å². The number of alkyl halides is 3. The fraction of sp³-hybridized carbons (Fsp3) is 0.111. The fourth-order valence-electron chi connectivity index (χ4n) is 1.08. The standard InChI is InChI=1S/C9H4F3IN2O/c10-9(11,12)4-1-5(8(15)16)6(3-14)7(13)2-4/h1-2H,(H2,15,16). The van der Waals surface area contributed by atoms with Gasteiger partial charge >= 0.3 is 6.18 Å². The van der Waals surface area contributed by atoms with Gasteiger partial charge < -0.3 is 5.73 Å². The molecule has 0 bridgehead atoms. The molecular formula is C9H4F3IN2O. The average Bonchev–Trinajstić information content (AvgIpc) is 2.14. The number of nitrogens with two attached hydrogens (primary N) is 1. The number of benzene rings is 1. The smallest absolute Gasteiger partial charge is 0.366 e. The van der Waals surface area contributed by atoms with Crippen molar-refractivity contribution in [1.29, 1.82) is 5.26 Å². The number of hydrogen-bond acceptors (Lipinski definition) is 2. The Kier molecular flexibility index (Phi) is 3.42. The highest BCUT2D eigenvalue weighted by Crippen LogP contribution is 2.32. The first-order chi connectivity index (χ1) is 7.27. The molecule has 0 aliphatic heterocycles. The molecule has 0 atom stereocenters. The van der Waals surface area contributed by atoms with E-state index in [4.69, 9.17) is 11.0 Å². The SMILES string of the molecule is N#Cc1c(I)cc(C(F)(F)F)cc1C(N)=O. The first-order valence-corrected chi connectivity index (χ1v) is 4.96. The van der Waals surface area contributed by atoms with Crippen molar-refractivity contribution in [3.63, 3.8) is 0 Å². The van der Waals surface area contributed by atoms with Crippen LogP contribution in [0.4, 0.5) is 13.2 Å². The van der Waals surface area contributed by atoms with E-state index >= 15 is 0 Å². The van der Waals surface area contributed by atoms with Crippen molar-refractivity contribution in [2.24, 2.45) is 5.73 Å². The van der Waals surface area contributed by atoms with Gasteiger partial charge in [0.25, 0.3) is 0 Å². The van der Waals surface area contributed by atoms with Gasteiger partial charge in [-0.25, -0.2) is 0 Å². The van der Waals surface area contributed by atoms with E-state index in [1.165, 1.54) is 0 Å². The summed E-state index contributed by atoms with van der Waals surface area (Å²) in [5.74, 6) is -1.06. The van der Waals surface area contributed by atoms with Crippen LogP contribution in [0.5, 0.6) is 0 Å². The van der Waals surface area contributed by atoms with Crippen molar-refractivity contribution in [2.45, 2.75) is 6.18 Å². The Labute approximate surface area is 102 Å². The van der Waals surface area contributed by atoms with E-state index in [2.05, 4.69) is 0 Å².